The van der Waals surface area contributed by atoms with E-state index >= 15 is 0 Å². The fraction of sp³-hybridized carbons (Fsp3) is 0. The predicted molar refractivity (Wildman–Crippen MR) is 53.4 cm³/mol. The van der Waals surface area contributed by atoms with Gasteiger partial charge >= 0.3 is 0 Å². The zero-order chi connectivity index (χ0) is 9.97. The molecule has 0 spiro atoms. The molecule has 0 fully saturated rings. The van der Waals surface area contributed by atoms with E-state index in [9.17, 15) is 4.79 Å². The van der Waals surface area contributed by atoms with Crippen LogP contribution in [0.4, 0.5) is 5.69 Å². The predicted octanol–water partition coefficient (Wildman–Crippen LogP) is 2.47. The van der Waals surface area contributed by atoms with Crippen molar-refractivity contribution < 1.29 is 0 Å². The number of rotatable bonds is 1. The number of pyridine rings is 1. The number of nitrogens with one attached hydrogen (secondary N) is 1. The number of benzene rings is 1. The Morgan fingerprint density at radius 1 is 1.29 bits per heavy atom. The number of aromatic nitrogens is 1. The summed E-state index contributed by atoms with van der Waals surface area (Å²) >= 11 is 0. The summed E-state index contributed by atoms with van der Waals surface area (Å²) in [6.07, 6.45) is 1.53. The lowest BCUT2D eigenvalue weighted by molar-refractivity contribution is 1.27. The molecule has 0 saturated heterocycles. The molecule has 0 amide bonds. The summed E-state index contributed by atoms with van der Waals surface area (Å²) in [6.45, 7) is 0. The maximum Gasteiger partial charge on any atom is 0.255 e. The minimum Gasteiger partial charge on any atom is -0.329 e. The molecule has 0 aliphatic rings. The Morgan fingerprint density at radius 3 is 2.93 bits per heavy atom. The van der Waals surface area contributed by atoms with E-state index in [4.69, 9.17) is 5.53 Å². The van der Waals surface area contributed by atoms with E-state index < -0.39 is 0 Å². The summed E-state index contributed by atoms with van der Waals surface area (Å²) in [7, 11) is 0. The number of aromatic amines is 1. The Bertz CT molecular complexity index is 581. The van der Waals surface area contributed by atoms with Gasteiger partial charge in [-0.1, -0.05) is 17.2 Å². The molecule has 0 unspecified atom stereocenters. The summed E-state index contributed by atoms with van der Waals surface area (Å²) < 4.78 is 0. The van der Waals surface area contributed by atoms with E-state index in [-0.39, 0.29) is 5.56 Å². The van der Waals surface area contributed by atoms with Crippen LogP contribution in [0.15, 0.2) is 40.4 Å². The van der Waals surface area contributed by atoms with E-state index in [0.717, 1.165) is 0 Å². The molecule has 1 heterocycles. The second kappa shape index (κ2) is 3.24. The Hall–Kier alpha value is -2.26. The van der Waals surface area contributed by atoms with Gasteiger partial charge in [0.05, 0.1) is 0 Å². The molecule has 2 aromatic rings. The van der Waals surface area contributed by atoms with Crippen LogP contribution in [0.5, 0.6) is 0 Å². The molecule has 5 heteroatoms. The second-order valence-corrected chi connectivity index (χ2v) is 2.73. The van der Waals surface area contributed by atoms with Gasteiger partial charge in [-0.25, -0.2) is 0 Å². The van der Waals surface area contributed by atoms with E-state index in [2.05, 4.69) is 15.0 Å². The van der Waals surface area contributed by atoms with Crippen molar-refractivity contribution in [2.75, 3.05) is 0 Å². The zero-order valence-corrected chi connectivity index (χ0v) is 7.14. The van der Waals surface area contributed by atoms with Gasteiger partial charge in [-0.15, -0.1) is 0 Å². The first-order valence-corrected chi connectivity index (χ1v) is 3.98. The van der Waals surface area contributed by atoms with Gasteiger partial charge in [0.1, 0.15) is 0 Å². The molecule has 1 aromatic heterocycles. The van der Waals surface area contributed by atoms with Crippen LogP contribution in [0.1, 0.15) is 0 Å². The standard InChI is InChI=1S/C9H6N4O/c10-13-12-8-3-1-2-7-6(8)4-5-11-9(7)14/h1-5H,(H,11,14). The van der Waals surface area contributed by atoms with Gasteiger partial charge in [0.15, 0.2) is 0 Å². The van der Waals surface area contributed by atoms with Crippen LogP contribution in [0.2, 0.25) is 0 Å². The molecule has 14 heavy (non-hydrogen) atoms. The van der Waals surface area contributed by atoms with Crippen molar-refractivity contribution in [2.24, 2.45) is 5.11 Å². The largest absolute Gasteiger partial charge is 0.329 e. The fourth-order valence-electron chi connectivity index (χ4n) is 1.34. The number of hydrogen-bond donors (Lipinski definition) is 1. The van der Waals surface area contributed by atoms with E-state index in [1.807, 2.05) is 0 Å². The molecule has 68 valence electrons. The summed E-state index contributed by atoms with van der Waals surface area (Å²) in [5.41, 5.74) is 8.61. The third-order valence-corrected chi connectivity index (χ3v) is 1.94. The van der Waals surface area contributed by atoms with Crippen molar-refractivity contribution in [3.8, 4) is 0 Å². The zero-order valence-electron chi connectivity index (χ0n) is 7.14. The smallest absolute Gasteiger partial charge is 0.255 e. The Labute approximate surface area is 78.6 Å². The Kier molecular flexibility index (Phi) is 1.93. The molecule has 2 rings (SSSR count). The SMILES string of the molecule is [N-]=[N+]=Nc1cccc2c(=O)[nH]ccc12. The molecule has 0 aliphatic carbocycles. The van der Waals surface area contributed by atoms with Crippen LogP contribution in [0.3, 0.4) is 0 Å². The summed E-state index contributed by atoms with van der Waals surface area (Å²) in [6, 6.07) is 6.74. The lowest BCUT2D eigenvalue weighted by atomic mass is 10.1. The molecule has 1 aromatic carbocycles. The van der Waals surface area contributed by atoms with E-state index in [0.29, 0.717) is 16.5 Å². The minimum absolute atomic E-state index is 0.183. The molecular formula is C9H6N4O. The summed E-state index contributed by atoms with van der Waals surface area (Å²) in [5.74, 6) is 0. The number of H-pyrrole nitrogens is 1. The Balaban J connectivity index is 2.94. The highest BCUT2D eigenvalue weighted by Crippen LogP contribution is 2.22. The highest BCUT2D eigenvalue weighted by Gasteiger charge is 2.00. The minimum atomic E-state index is -0.183. The van der Waals surface area contributed by atoms with Crippen LogP contribution < -0.4 is 5.56 Å². The van der Waals surface area contributed by atoms with Crippen molar-refractivity contribution in [2.45, 2.75) is 0 Å². The van der Waals surface area contributed by atoms with Crippen LogP contribution >= 0.6 is 0 Å². The van der Waals surface area contributed by atoms with Crippen molar-refractivity contribution in [3.63, 3.8) is 0 Å². The molecule has 0 saturated carbocycles. The van der Waals surface area contributed by atoms with Crippen LogP contribution in [-0.2, 0) is 0 Å². The first kappa shape index (κ1) is 8.34. The van der Waals surface area contributed by atoms with Crippen LogP contribution in [0, 0.1) is 0 Å². The maximum atomic E-state index is 11.3. The number of hydrogen-bond acceptors (Lipinski definition) is 2. The number of nitrogens with zero attached hydrogens (tertiary/aromatic N) is 3. The maximum absolute atomic E-state index is 11.3. The molecule has 5 nitrogen and oxygen atoms in total. The lowest BCUT2D eigenvalue weighted by Crippen LogP contribution is -2.03. The highest BCUT2D eigenvalue weighted by atomic mass is 16.1. The van der Waals surface area contributed by atoms with Gasteiger partial charge in [0.25, 0.3) is 5.56 Å². The summed E-state index contributed by atoms with van der Waals surface area (Å²) in [5, 5.41) is 4.69. The average molecular weight is 186 g/mol. The third-order valence-electron chi connectivity index (χ3n) is 1.94. The first-order valence-electron chi connectivity index (χ1n) is 3.98. The van der Waals surface area contributed by atoms with Crippen molar-refractivity contribution in [1.82, 2.24) is 4.98 Å². The van der Waals surface area contributed by atoms with Gasteiger partial charge in [-0.3, -0.25) is 4.79 Å². The quantitative estimate of drug-likeness (QED) is 0.414. The molecule has 0 aliphatic heterocycles. The van der Waals surface area contributed by atoms with Crippen molar-refractivity contribution in [1.29, 1.82) is 0 Å². The molecule has 0 radical (unpaired) electrons. The van der Waals surface area contributed by atoms with E-state index in [1.165, 1.54) is 6.20 Å². The highest BCUT2D eigenvalue weighted by molar-refractivity contribution is 5.91. The van der Waals surface area contributed by atoms with Gasteiger partial charge in [0, 0.05) is 22.2 Å². The van der Waals surface area contributed by atoms with Crippen LogP contribution in [0.25, 0.3) is 21.2 Å². The van der Waals surface area contributed by atoms with E-state index in [1.54, 1.807) is 24.3 Å². The molecule has 0 atom stereocenters. The van der Waals surface area contributed by atoms with Gasteiger partial charge in [-0.2, -0.15) is 0 Å². The third kappa shape index (κ3) is 1.22. The lowest BCUT2D eigenvalue weighted by Gasteiger charge is -1.98. The van der Waals surface area contributed by atoms with Crippen LogP contribution in [-0.4, -0.2) is 4.98 Å². The van der Waals surface area contributed by atoms with Crippen molar-refractivity contribution >= 4 is 16.5 Å². The second-order valence-electron chi connectivity index (χ2n) is 2.73. The normalized spacial score (nSPS) is 9.71. The van der Waals surface area contributed by atoms with Crippen molar-refractivity contribution in [3.05, 3.63) is 51.3 Å². The monoisotopic (exact) mass is 186 g/mol. The average Bonchev–Trinajstić information content (AvgIpc) is 2.20. The van der Waals surface area contributed by atoms with Gasteiger partial charge in [0.2, 0.25) is 0 Å². The molecule has 1 N–H and O–H groups in total. The summed E-state index contributed by atoms with van der Waals surface area (Å²) in [4.78, 5) is 16.6. The first-order chi connectivity index (χ1) is 6.83. The number of fused-ring (bicyclic) bond motifs is 1. The van der Waals surface area contributed by atoms with Gasteiger partial charge < -0.3 is 4.98 Å². The fourth-order valence-corrected chi connectivity index (χ4v) is 1.34. The Morgan fingerprint density at radius 2 is 2.14 bits per heavy atom. The number of azide groups is 1. The molecular weight excluding hydrogens is 180 g/mol. The molecule has 0 bridgehead atoms. The van der Waals surface area contributed by atoms with Gasteiger partial charge in [-0.05, 0) is 23.1 Å². The topological polar surface area (TPSA) is 81.6 Å².